The van der Waals surface area contributed by atoms with Gasteiger partial charge in [-0.2, -0.15) is 0 Å². The molecular formula is C25H20N4O9S. The molecule has 1 aromatic heterocycles. The lowest BCUT2D eigenvalue weighted by Gasteiger charge is -2.23. The van der Waals surface area contributed by atoms with Crippen LogP contribution in [0.1, 0.15) is 38.6 Å². The summed E-state index contributed by atoms with van der Waals surface area (Å²) in [4.78, 5) is 61.2. The third kappa shape index (κ3) is 4.96. The molecule has 3 aromatic rings. The molecule has 2 aromatic carbocycles. The van der Waals surface area contributed by atoms with Gasteiger partial charge in [-0.1, -0.05) is 36.0 Å². The highest BCUT2D eigenvalue weighted by atomic mass is 32.2. The van der Waals surface area contributed by atoms with E-state index in [4.69, 9.17) is 15.2 Å². The number of rotatable bonds is 7. The number of hydrogen-bond acceptors (Lipinski definition) is 11. The van der Waals surface area contributed by atoms with Gasteiger partial charge in [-0.25, -0.2) is 9.59 Å². The molecule has 0 saturated heterocycles. The van der Waals surface area contributed by atoms with Gasteiger partial charge >= 0.3 is 11.9 Å². The van der Waals surface area contributed by atoms with Gasteiger partial charge in [0, 0.05) is 29.5 Å². The van der Waals surface area contributed by atoms with Crippen LogP contribution in [0.25, 0.3) is 11.0 Å². The molecule has 4 rings (SSSR count). The molecule has 0 bridgehead atoms. The van der Waals surface area contributed by atoms with Crippen molar-refractivity contribution in [2.75, 3.05) is 19.5 Å². The molecule has 1 unspecified atom stereocenters. The van der Waals surface area contributed by atoms with Crippen molar-refractivity contribution < 1.29 is 33.7 Å². The second kappa shape index (κ2) is 10.8. The van der Waals surface area contributed by atoms with Crippen molar-refractivity contribution in [3.8, 4) is 0 Å². The third-order valence-corrected chi connectivity index (χ3v) is 7.06. The van der Waals surface area contributed by atoms with Crippen molar-refractivity contribution in [1.29, 1.82) is 0 Å². The number of esters is 2. The molecule has 0 saturated carbocycles. The van der Waals surface area contributed by atoms with Crippen LogP contribution < -0.4 is 16.3 Å². The standard InChI is InChI=1S/C25H20N4O9S/c1-3-38-25(32)22-19-17(11-13-6-4-8-15(10-13)28(33)34)18(26)20(24(31)37-2)27(19)23(30)21(39-22)14-7-5-9-16(12-14)29(35)36/h4-12,21H,3,26H2,1-2H3/b17-11+. The number of anilines is 1. The summed E-state index contributed by atoms with van der Waals surface area (Å²) in [6.45, 7) is 1.57. The Morgan fingerprint density at radius 2 is 1.72 bits per heavy atom. The maximum atomic E-state index is 13.9. The van der Waals surface area contributed by atoms with E-state index in [-0.39, 0.29) is 50.4 Å². The first-order valence-electron chi connectivity index (χ1n) is 11.3. The number of nitrogens with two attached hydrogens (primary N) is 1. The number of nitrogen functional groups attached to an aromatic ring is 1. The van der Waals surface area contributed by atoms with Crippen LogP contribution in [0.5, 0.6) is 0 Å². The first-order valence-corrected chi connectivity index (χ1v) is 12.2. The molecule has 1 aliphatic rings. The van der Waals surface area contributed by atoms with Crippen molar-refractivity contribution >= 4 is 57.7 Å². The van der Waals surface area contributed by atoms with E-state index in [0.717, 1.165) is 23.4 Å². The summed E-state index contributed by atoms with van der Waals surface area (Å²) in [6, 6.07) is 10.9. The van der Waals surface area contributed by atoms with Crippen LogP contribution in [0.4, 0.5) is 17.1 Å². The molecule has 0 fully saturated rings. The Morgan fingerprint density at radius 3 is 2.33 bits per heavy atom. The highest BCUT2D eigenvalue weighted by molar-refractivity contribution is 8.10. The minimum Gasteiger partial charge on any atom is -0.464 e. The van der Waals surface area contributed by atoms with E-state index in [1.807, 2.05) is 0 Å². The number of carbonyl (C=O) groups is 3. The van der Waals surface area contributed by atoms with Crippen molar-refractivity contribution in [3.05, 3.63) is 96.1 Å². The summed E-state index contributed by atoms with van der Waals surface area (Å²) < 4.78 is 11.0. The number of aromatic nitrogens is 1. The summed E-state index contributed by atoms with van der Waals surface area (Å²) in [5, 5.41) is 21.4. The minimum atomic E-state index is -1.18. The van der Waals surface area contributed by atoms with Gasteiger partial charge in [0.25, 0.3) is 11.4 Å². The van der Waals surface area contributed by atoms with Crippen molar-refractivity contribution in [3.63, 3.8) is 0 Å². The van der Waals surface area contributed by atoms with Crippen molar-refractivity contribution in [2.24, 2.45) is 0 Å². The number of methoxy groups -OCH3 is 1. The normalized spacial score (nSPS) is 15.0. The van der Waals surface area contributed by atoms with Crippen LogP contribution in [0.2, 0.25) is 0 Å². The van der Waals surface area contributed by atoms with E-state index in [0.29, 0.717) is 5.56 Å². The van der Waals surface area contributed by atoms with Crippen LogP contribution in [0.15, 0.2) is 48.5 Å². The van der Waals surface area contributed by atoms with Crippen molar-refractivity contribution in [1.82, 2.24) is 4.57 Å². The fourth-order valence-corrected chi connectivity index (χ4v) is 5.28. The number of nitro groups is 2. The summed E-state index contributed by atoms with van der Waals surface area (Å²) in [6.07, 6.45) is 1.40. The zero-order valence-electron chi connectivity index (χ0n) is 20.5. The molecule has 1 atom stereocenters. The largest absolute Gasteiger partial charge is 0.464 e. The maximum absolute atomic E-state index is 13.9. The lowest BCUT2D eigenvalue weighted by atomic mass is 10.1. The molecule has 0 radical (unpaired) electrons. The summed E-state index contributed by atoms with van der Waals surface area (Å²) in [5.41, 5.74) is 5.80. The average Bonchev–Trinajstić information content (AvgIpc) is 3.21. The minimum absolute atomic E-state index is 0.0116. The van der Waals surface area contributed by atoms with E-state index in [1.165, 1.54) is 48.5 Å². The van der Waals surface area contributed by atoms with E-state index in [9.17, 15) is 34.6 Å². The van der Waals surface area contributed by atoms with Crippen LogP contribution in [0, 0.1) is 20.2 Å². The fraction of sp³-hybridized carbons (Fsp3) is 0.160. The lowest BCUT2D eigenvalue weighted by molar-refractivity contribution is -0.385. The number of nitrogens with zero attached hydrogens (tertiary/aromatic N) is 3. The number of benzene rings is 2. The molecule has 0 spiro atoms. The summed E-state index contributed by atoms with van der Waals surface area (Å²) >= 11 is 0.791. The quantitative estimate of drug-likeness (QED) is 0.257. The number of thioether (sulfide) groups is 1. The van der Waals surface area contributed by atoms with Crippen molar-refractivity contribution in [2.45, 2.75) is 12.2 Å². The number of non-ortho nitro benzene ring substituents is 2. The van der Waals surface area contributed by atoms with Gasteiger partial charge in [0.05, 0.1) is 34.6 Å². The second-order valence-electron chi connectivity index (χ2n) is 8.09. The Bertz CT molecular complexity index is 1680. The van der Waals surface area contributed by atoms with Crippen LogP contribution in [-0.4, -0.2) is 46.0 Å². The summed E-state index contributed by atoms with van der Waals surface area (Å²) in [7, 11) is 1.09. The van der Waals surface area contributed by atoms with Gasteiger partial charge in [-0.15, -0.1) is 0 Å². The zero-order chi connectivity index (χ0) is 28.4. The number of carbonyl (C=O) groups excluding carboxylic acids is 3. The number of nitro benzene ring substituents is 2. The molecule has 1 aliphatic heterocycles. The number of fused-ring (bicyclic) bond motifs is 1. The third-order valence-electron chi connectivity index (χ3n) is 5.76. The highest BCUT2D eigenvalue weighted by Crippen LogP contribution is 2.40. The lowest BCUT2D eigenvalue weighted by Crippen LogP contribution is -2.42. The van der Waals surface area contributed by atoms with Crippen LogP contribution in [-0.2, 0) is 14.3 Å². The Hall–Kier alpha value is -4.98. The topological polar surface area (TPSA) is 187 Å². The van der Waals surface area contributed by atoms with Gasteiger partial charge < -0.3 is 15.2 Å². The molecule has 0 aliphatic carbocycles. The van der Waals surface area contributed by atoms with E-state index >= 15 is 0 Å². The Labute approximate surface area is 223 Å². The number of hydrogen-bond donors (Lipinski definition) is 1. The average molecular weight is 553 g/mol. The SMILES string of the molecule is CCOC(=O)C1=c2/c(=C/c3cccc([N+](=O)[O-])c3)c(N)c(C(=O)OC)n2C(=O)C(c2cccc([N+](=O)[O-])c2)S1. The first kappa shape index (κ1) is 27.1. The molecule has 2 N–H and O–H groups in total. The Balaban J connectivity index is 2.09. The molecule has 0 amide bonds. The van der Waals surface area contributed by atoms with Gasteiger partial charge in [-0.3, -0.25) is 29.6 Å². The van der Waals surface area contributed by atoms with Crippen LogP contribution in [0.3, 0.4) is 0 Å². The fourth-order valence-electron chi connectivity index (χ4n) is 4.09. The van der Waals surface area contributed by atoms with Gasteiger partial charge in [-0.05, 0) is 24.1 Å². The van der Waals surface area contributed by atoms with E-state index in [2.05, 4.69) is 0 Å². The number of ether oxygens (including phenoxy) is 2. The second-order valence-corrected chi connectivity index (χ2v) is 9.20. The molecule has 200 valence electrons. The smallest absolute Gasteiger partial charge is 0.357 e. The van der Waals surface area contributed by atoms with Gasteiger partial charge in [0.15, 0.2) is 5.69 Å². The van der Waals surface area contributed by atoms with Crippen LogP contribution >= 0.6 is 11.8 Å². The predicted octanol–water partition coefficient (Wildman–Crippen LogP) is 2.30. The molecule has 39 heavy (non-hydrogen) atoms. The predicted molar refractivity (Wildman–Crippen MR) is 140 cm³/mol. The Kier molecular flexibility index (Phi) is 7.49. The monoisotopic (exact) mass is 552 g/mol. The van der Waals surface area contributed by atoms with Gasteiger partial charge in [0.1, 0.15) is 10.2 Å². The maximum Gasteiger partial charge on any atom is 0.357 e. The molecule has 2 heterocycles. The summed E-state index contributed by atoms with van der Waals surface area (Å²) in [5.74, 6) is -2.52. The molecular weight excluding hydrogens is 532 g/mol. The Morgan fingerprint density at radius 1 is 1.08 bits per heavy atom. The highest BCUT2D eigenvalue weighted by Gasteiger charge is 2.38. The van der Waals surface area contributed by atoms with E-state index in [1.54, 1.807) is 13.0 Å². The first-order chi connectivity index (χ1) is 18.6. The molecule has 14 heteroatoms. The van der Waals surface area contributed by atoms with E-state index < -0.39 is 32.9 Å². The van der Waals surface area contributed by atoms with Gasteiger partial charge in [0.2, 0.25) is 5.91 Å². The molecule has 13 nitrogen and oxygen atoms in total. The zero-order valence-corrected chi connectivity index (χ0v) is 21.3.